The molecule has 1 aliphatic rings. The molecule has 2 atom stereocenters. The Bertz CT molecular complexity index is 203. The molecule has 0 aromatic rings. The number of carbonyl (C=O) groups is 1. The quantitative estimate of drug-likeness (QED) is 0.756. The van der Waals surface area contributed by atoms with Crippen LogP contribution < -0.4 is 0 Å². The molecule has 0 spiro atoms. The summed E-state index contributed by atoms with van der Waals surface area (Å²) in [5.74, 6) is 0.837. The van der Waals surface area contributed by atoms with Crippen molar-refractivity contribution in [1.82, 2.24) is 0 Å². The van der Waals surface area contributed by atoms with Crippen molar-refractivity contribution in [2.75, 3.05) is 0 Å². The lowest BCUT2D eigenvalue weighted by Crippen LogP contribution is -2.38. The van der Waals surface area contributed by atoms with Crippen molar-refractivity contribution in [2.45, 2.75) is 58.5 Å². The van der Waals surface area contributed by atoms with E-state index in [1.54, 1.807) is 13.8 Å². The van der Waals surface area contributed by atoms with E-state index in [0.29, 0.717) is 5.92 Å². The largest absolute Gasteiger partial charge is 0.383 e. The summed E-state index contributed by atoms with van der Waals surface area (Å²) in [7, 11) is 0. The first-order valence-electron chi connectivity index (χ1n) is 5.71. The van der Waals surface area contributed by atoms with Crippen LogP contribution in [-0.2, 0) is 4.79 Å². The summed E-state index contributed by atoms with van der Waals surface area (Å²) >= 11 is 0. The Kier molecular flexibility index (Phi) is 3.71. The van der Waals surface area contributed by atoms with Crippen molar-refractivity contribution in [2.24, 2.45) is 11.8 Å². The Labute approximate surface area is 86.7 Å². The van der Waals surface area contributed by atoms with Gasteiger partial charge in [0.05, 0.1) is 0 Å². The highest BCUT2D eigenvalue weighted by molar-refractivity contribution is 5.88. The highest BCUT2D eigenvalue weighted by Crippen LogP contribution is 2.33. The van der Waals surface area contributed by atoms with E-state index in [1.165, 1.54) is 6.42 Å². The minimum atomic E-state index is -1.14. The molecule has 0 amide bonds. The molecule has 0 aromatic heterocycles. The normalized spacial score (nSPS) is 28.9. The maximum Gasteiger partial charge on any atom is 0.166 e. The predicted octanol–water partition coefficient (Wildman–Crippen LogP) is 2.54. The zero-order chi connectivity index (χ0) is 10.8. The Balaban J connectivity index is 2.56. The number of Topliss-reactive ketones (excluding diaryl/α,β-unsaturated/α-hetero) is 1. The van der Waals surface area contributed by atoms with E-state index in [4.69, 9.17) is 0 Å². The number of ketones is 1. The molecule has 0 aliphatic heterocycles. The molecule has 0 radical (unpaired) electrons. The molecule has 82 valence electrons. The highest BCUT2D eigenvalue weighted by Gasteiger charge is 2.34. The third kappa shape index (κ3) is 2.81. The first kappa shape index (κ1) is 11.7. The summed E-state index contributed by atoms with van der Waals surface area (Å²) in [6, 6.07) is 0. The van der Waals surface area contributed by atoms with E-state index in [2.05, 4.69) is 6.92 Å². The van der Waals surface area contributed by atoms with Gasteiger partial charge in [-0.3, -0.25) is 4.79 Å². The Morgan fingerprint density at radius 3 is 2.57 bits per heavy atom. The van der Waals surface area contributed by atoms with Gasteiger partial charge in [-0.2, -0.15) is 0 Å². The Morgan fingerprint density at radius 2 is 2.07 bits per heavy atom. The predicted molar refractivity (Wildman–Crippen MR) is 57.0 cm³/mol. The molecule has 2 unspecified atom stereocenters. The monoisotopic (exact) mass is 198 g/mol. The fourth-order valence-electron chi connectivity index (χ4n) is 2.40. The molecule has 1 aliphatic carbocycles. The van der Waals surface area contributed by atoms with Gasteiger partial charge in [0, 0.05) is 5.92 Å². The third-order valence-electron chi connectivity index (χ3n) is 3.33. The van der Waals surface area contributed by atoms with Crippen LogP contribution in [-0.4, -0.2) is 16.5 Å². The summed E-state index contributed by atoms with van der Waals surface area (Å²) < 4.78 is 0. The van der Waals surface area contributed by atoms with Gasteiger partial charge < -0.3 is 5.11 Å². The molecule has 1 N–H and O–H groups in total. The lowest BCUT2D eigenvalue weighted by atomic mass is 9.75. The average molecular weight is 198 g/mol. The molecule has 1 fully saturated rings. The molecule has 0 aromatic carbocycles. The minimum Gasteiger partial charge on any atom is -0.383 e. The molecular weight excluding hydrogens is 176 g/mol. The van der Waals surface area contributed by atoms with Crippen molar-refractivity contribution in [3.63, 3.8) is 0 Å². The fraction of sp³-hybridized carbons (Fsp3) is 0.917. The van der Waals surface area contributed by atoms with Crippen LogP contribution in [0, 0.1) is 11.8 Å². The van der Waals surface area contributed by atoms with Crippen LogP contribution in [0.1, 0.15) is 52.9 Å². The lowest BCUT2D eigenvalue weighted by Gasteiger charge is -2.30. The van der Waals surface area contributed by atoms with E-state index in [-0.39, 0.29) is 11.7 Å². The van der Waals surface area contributed by atoms with Gasteiger partial charge in [-0.25, -0.2) is 0 Å². The zero-order valence-corrected chi connectivity index (χ0v) is 9.55. The van der Waals surface area contributed by atoms with Crippen LogP contribution in [0.15, 0.2) is 0 Å². The second kappa shape index (κ2) is 4.43. The number of rotatable bonds is 3. The van der Waals surface area contributed by atoms with E-state index in [0.717, 1.165) is 25.7 Å². The summed E-state index contributed by atoms with van der Waals surface area (Å²) in [5.41, 5.74) is -1.14. The molecule has 2 heteroatoms. The second-order valence-corrected chi connectivity index (χ2v) is 5.06. The topological polar surface area (TPSA) is 37.3 Å². The van der Waals surface area contributed by atoms with Crippen molar-refractivity contribution >= 4 is 5.78 Å². The van der Waals surface area contributed by atoms with Crippen molar-refractivity contribution in [3.05, 3.63) is 0 Å². The van der Waals surface area contributed by atoms with E-state index in [9.17, 15) is 9.90 Å². The van der Waals surface area contributed by atoms with Gasteiger partial charge in [-0.1, -0.05) is 26.2 Å². The molecule has 1 saturated carbocycles. The van der Waals surface area contributed by atoms with Gasteiger partial charge in [0.2, 0.25) is 0 Å². The van der Waals surface area contributed by atoms with Crippen molar-refractivity contribution in [3.8, 4) is 0 Å². The summed E-state index contributed by atoms with van der Waals surface area (Å²) in [5, 5.41) is 9.65. The van der Waals surface area contributed by atoms with Crippen molar-refractivity contribution < 1.29 is 9.90 Å². The summed E-state index contributed by atoms with van der Waals surface area (Å²) in [6.45, 7) is 5.39. The van der Waals surface area contributed by atoms with Crippen LogP contribution >= 0.6 is 0 Å². The van der Waals surface area contributed by atoms with E-state index < -0.39 is 5.60 Å². The first-order valence-corrected chi connectivity index (χ1v) is 5.71. The lowest BCUT2D eigenvalue weighted by molar-refractivity contribution is -0.139. The Hall–Kier alpha value is -0.370. The SMILES string of the molecule is CCC1CCCC(C(=O)C(C)(C)O)C1. The molecule has 0 heterocycles. The number of aliphatic hydroxyl groups is 1. The second-order valence-electron chi connectivity index (χ2n) is 5.06. The molecule has 1 rings (SSSR count). The summed E-state index contributed by atoms with van der Waals surface area (Å²) in [6.07, 6.45) is 5.52. The van der Waals surface area contributed by atoms with Gasteiger partial charge >= 0.3 is 0 Å². The standard InChI is InChI=1S/C12H22O2/c1-4-9-6-5-7-10(8-9)11(13)12(2,3)14/h9-10,14H,4-8H2,1-3H3. The van der Waals surface area contributed by atoms with Gasteiger partial charge in [-0.15, -0.1) is 0 Å². The van der Waals surface area contributed by atoms with Crippen LogP contribution in [0.3, 0.4) is 0 Å². The smallest absolute Gasteiger partial charge is 0.166 e. The number of carbonyl (C=O) groups excluding carboxylic acids is 1. The molecule has 0 bridgehead atoms. The van der Waals surface area contributed by atoms with Crippen LogP contribution in [0.25, 0.3) is 0 Å². The fourth-order valence-corrected chi connectivity index (χ4v) is 2.40. The third-order valence-corrected chi connectivity index (χ3v) is 3.33. The maximum atomic E-state index is 11.8. The van der Waals surface area contributed by atoms with Gasteiger partial charge in [0.25, 0.3) is 0 Å². The van der Waals surface area contributed by atoms with Gasteiger partial charge in [-0.05, 0) is 32.6 Å². The average Bonchev–Trinajstić information content (AvgIpc) is 2.15. The van der Waals surface area contributed by atoms with Gasteiger partial charge in [0.1, 0.15) is 5.60 Å². The van der Waals surface area contributed by atoms with Crippen molar-refractivity contribution in [1.29, 1.82) is 0 Å². The molecule has 14 heavy (non-hydrogen) atoms. The van der Waals surface area contributed by atoms with E-state index >= 15 is 0 Å². The van der Waals surface area contributed by atoms with E-state index in [1.807, 2.05) is 0 Å². The highest BCUT2D eigenvalue weighted by atomic mass is 16.3. The molecular formula is C12H22O2. The first-order chi connectivity index (χ1) is 6.45. The number of hydrogen-bond acceptors (Lipinski definition) is 2. The van der Waals surface area contributed by atoms with Crippen LogP contribution in [0.5, 0.6) is 0 Å². The molecule has 2 nitrogen and oxygen atoms in total. The molecule has 0 saturated heterocycles. The summed E-state index contributed by atoms with van der Waals surface area (Å²) in [4.78, 5) is 11.8. The van der Waals surface area contributed by atoms with Crippen LogP contribution in [0.4, 0.5) is 0 Å². The van der Waals surface area contributed by atoms with Gasteiger partial charge in [0.15, 0.2) is 5.78 Å². The number of hydrogen-bond donors (Lipinski definition) is 1. The van der Waals surface area contributed by atoms with Crippen LogP contribution in [0.2, 0.25) is 0 Å². The Morgan fingerprint density at radius 1 is 1.43 bits per heavy atom. The zero-order valence-electron chi connectivity index (χ0n) is 9.55. The minimum absolute atomic E-state index is 0.0376. The maximum absolute atomic E-state index is 11.8.